The first-order chi connectivity index (χ1) is 11.1. The molecule has 2 aliphatic carbocycles. The van der Waals surface area contributed by atoms with Crippen LogP contribution >= 0.6 is 0 Å². The highest BCUT2D eigenvalue weighted by atomic mass is 28.4. The van der Waals surface area contributed by atoms with Gasteiger partial charge in [-0.05, 0) is 50.2 Å². The van der Waals surface area contributed by atoms with Gasteiger partial charge in [0.25, 0.3) is 0 Å². The maximum Gasteiger partial charge on any atom is 0.192 e. The van der Waals surface area contributed by atoms with Gasteiger partial charge in [-0.2, -0.15) is 0 Å². The van der Waals surface area contributed by atoms with E-state index in [1.165, 1.54) is 0 Å². The Balaban J connectivity index is 2.05. The average Bonchev–Trinajstić information content (AvgIpc) is 3.12. The van der Waals surface area contributed by atoms with Gasteiger partial charge >= 0.3 is 0 Å². The van der Waals surface area contributed by atoms with Gasteiger partial charge in [0.1, 0.15) is 0 Å². The van der Waals surface area contributed by atoms with Crippen molar-refractivity contribution in [2.45, 2.75) is 97.2 Å². The Bertz CT molecular complexity index is 632. The largest absolute Gasteiger partial charge is 0.413 e. The Hall–Kier alpha value is -0.523. The van der Waals surface area contributed by atoms with Crippen molar-refractivity contribution >= 4 is 19.9 Å². The van der Waals surface area contributed by atoms with Crippen molar-refractivity contribution in [1.29, 1.82) is 0 Å². The summed E-state index contributed by atoms with van der Waals surface area (Å²) in [6.07, 6.45) is 0.982. The van der Waals surface area contributed by atoms with Crippen molar-refractivity contribution in [2.24, 2.45) is 16.7 Å². The molecule has 1 aliphatic heterocycles. The molecule has 0 aromatic heterocycles. The van der Waals surface area contributed by atoms with Gasteiger partial charge in [0, 0.05) is 5.92 Å². The zero-order valence-corrected chi connectivity index (χ0v) is 18.3. The van der Waals surface area contributed by atoms with E-state index in [1.807, 2.05) is 6.92 Å². The van der Waals surface area contributed by atoms with Crippen molar-refractivity contribution in [3.05, 3.63) is 0 Å². The lowest BCUT2D eigenvalue weighted by Gasteiger charge is -2.56. The number of ketones is 2. The molecule has 1 saturated heterocycles. The van der Waals surface area contributed by atoms with Crippen LogP contribution in [0.2, 0.25) is 18.1 Å². The van der Waals surface area contributed by atoms with Crippen molar-refractivity contribution in [3.63, 3.8) is 0 Å². The Morgan fingerprint density at radius 3 is 2.20 bits per heavy atom. The van der Waals surface area contributed by atoms with Crippen LogP contribution in [0.4, 0.5) is 0 Å². The minimum absolute atomic E-state index is 0.0655. The molecular weight excluding hydrogens is 332 g/mol. The van der Waals surface area contributed by atoms with E-state index < -0.39 is 25.4 Å². The first kappa shape index (κ1) is 19.2. The van der Waals surface area contributed by atoms with Crippen LogP contribution in [0.3, 0.4) is 0 Å². The first-order valence-electron chi connectivity index (χ1n) is 9.53. The molecular formula is C20H34O4Si. The van der Waals surface area contributed by atoms with E-state index in [1.54, 1.807) is 6.92 Å². The SMILES string of the molecule is CC1(C)CC[C@H](O[Si](C)(C)C(C)(C)C)[C@]2(C)C(=O)[C@]3(C)O[C@@H]3C(=O)[C@@H]12. The van der Waals surface area contributed by atoms with Crippen molar-refractivity contribution < 1.29 is 18.8 Å². The number of hydrogen-bond acceptors (Lipinski definition) is 4. The Morgan fingerprint density at radius 1 is 1.12 bits per heavy atom. The standard InChI is InChI=1S/C20H34O4Si/c1-17(2,3)25(8,9)24-12-10-11-18(4,5)14-13(21)15-20(7,23-15)16(22)19(12,14)6/h12,14-15H,10-11H2,1-9H3/t12-,14-,15+,19-,20+/m0/s1. The van der Waals surface area contributed by atoms with Gasteiger partial charge in [-0.25, -0.2) is 0 Å². The Morgan fingerprint density at radius 2 is 1.68 bits per heavy atom. The van der Waals surface area contributed by atoms with Crippen molar-refractivity contribution in [2.75, 3.05) is 0 Å². The van der Waals surface area contributed by atoms with Crippen LogP contribution in [-0.4, -0.2) is 37.7 Å². The quantitative estimate of drug-likeness (QED) is 0.545. The number of rotatable bonds is 2. The summed E-state index contributed by atoms with van der Waals surface area (Å²) in [5.41, 5.74) is -1.93. The van der Waals surface area contributed by atoms with Crippen LogP contribution in [-0.2, 0) is 18.8 Å². The van der Waals surface area contributed by atoms with E-state index in [9.17, 15) is 9.59 Å². The number of carbonyl (C=O) groups is 2. The minimum Gasteiger partial charge on any atom is -0.413 e. The van der Waals surface area contributed by atoms with Crippen molar-refractivity contribution in [1.82, 2.24) is 0 Å². The summed E-state index contributed by atoms with van der Waals surface area (Å²) in [5, 5.41) is 0.0655. The molecule has 3 aliphatic rings. The summed E-state index contributed by atoms with van der Waals surface area (Å²) in [6, 6.07) is 0. The fourth-order valence-electron chi connectivity index (χ4n) is 5.02. The predicted molar refractivity (Wildman–Crippen MR) is 100.0 cm³/mol. The van der Waals surface area contributed by atoms with Gasteiger partial charge < -0.3 is 9.16 Å². The summed E-state index contributed by atoms with van der Waals surface area (Å²) in [6.45, 7) is 19.1. The summed E-state index contributed by atoms with van der Waals surface area (Å²) in [5.74, 6) is -0.138. The zero-order valence-electron chi connectivity index (χ0n) is 17.3. The number of Topliss-reactive ketones (excluding diaryl/α,β-unsaturated/α-hetero) is 2. The predicted octanol–water partition coefficient (Wildman–Crippen LogP) is 4.13. The molecule has 5 atom stereocenters. The lowest BCUT2D eigenvalue weighted by atomic mass is 9.48. The van der Waals surface area contributed by atoms with E-state index in [4.69, 9.17) is 9.16 Å². The number of carbonyl (C=O) groups excluding carboxylic acids is 2. The third-order valence-electron chi connectivity index (χ3n) is 7.63. The molecule has 4 nitrogen and oxygen atoms in total. The third kappa shape index (κ3) is 2.45. The molecule has 0 N–H and O–H groups in total. The molecule has 0 spiro atoms. The highest BCUT2D eigenvalue weighted by molar-refractivity contribution is 6.74. The fraction of sp³-hybridized carbons (Fsp3) is 0.900. The van der Waals surface area contributed by atoms with E-state index in [0.717, 1.165) is 12.8 Å². The zero-order chi connectivity index (χ0) is 19.2. The minimum atomic E-state index is -2.05. The maximum atomic E-state index is 13.5. The molecule has 2 saturated carbocycles. The number of ether oxygens (including phenoxy) is 1. The molecule has 0 amide bonds. The molecule has 0 aromatic carbocycles. The van der Waals surface area contributed by atoms with E-state index in [-0.39, 0.29) is 34.0 Å². The molecule has 0 bridgehead atoms. The smallest absolute Gasteiger partial charge is 0.192 e. The third-order valence-corrected chi connectivity index (χ3v) is 12.1. The van der Waals surface area contributed by atoms with Crippen LogP contribution in [0.5, 0.6) is 0 Å². The Labute approximate surface area is 153 Å². The number of epoxide rings is 1. The maximum absolute atomic E-state index is 13.5. The molecule has 3 fully saturated rings. The van der Waals surface area contributed by atoms with Gasteiger partial charge in [0.05, 0.1) is 11.5 Å². The highest BCUT2D eigenvalue weighted by Crippen LogP contribution is 2.62. The normalized spacial score (nSPS) is 43.5. The molecule has 0 unspecified atom stereocenters. The lowest BCUT2D eigenvalue weighted by molar-refractivity contribution is -0.168. The topological polar surface area (TPSA) is 55.9 Å². The number of hydrogen-bond donors (Lipinski definition) is 0. The second-order valence-corrected chi connectivity index (χ2v) is 15.7. The molecule has 1 heterocycles. The van der Waals surface area contributed by atoms with Crippen LogP contribution in [0, 0.1) is 16.7 Å². The van der Waals surface area contributed by atoms with Crippen LogP contribution in [0.1, 0.15) is 61.3 Å². The van der Waals surface area contributed by atoms with Crippen LogP contribution < -0.4 is 0 Å². The van der Waals surface area contributed by atoms with Gasteiger partial charge in [0.2, 0.25) is 0 Å². The molecule has 3 rings (SSSR count). The van der Waals surface area contributed by atoms with E-state index in [0.29, 0.717) is 0 Å². The van der Waals surface area contributed by atoms with E-state index in [2.05, 4.69) is 47.7 Å². The highest BCUT2D eigenvalue weighted by Gasteiger charge is 2.77. The summed E-state index contributed by atoms with van der Waals surface area (Å²) in [7, 11) is -2.05. The molecule has 25 heavy (non-hydrogen) atoms. The van der Waals surface area contributed by atoms with Crippen LogP contribution in [0.25, 0.3) is 0 Å². The van der Waals surface area contributed by atoms with E-state index >= 15 is 0 Å². The molecule has 5 heteroatoms. The van der Waals surface area contributed by atoms with Gasteiger partial charge in [0.15, 0.2) is 31.6 Å². The summed E-state index contributed by atoms with van der Waals surface area (Å²) >= 11 is 0. The number of fused-ring (bicyclic) bond motifs is 2. The second-order valence-electron chi connectivity index (χ2n) is 10.9. The summed E-state index contributed by atoms with van der Waals surface area (Å²) in [4.78, 5) is 26.6. The second kappa shape index (κ2) is 5.05. The Kier molecular flexibility index (Phi) is 3.89. The van der Waals surface area contributed by atoms with Gasteiger partial charge in [-0.1, -0.05) is 34.6 Å². The molecule has 142 valence electrons. The summed E-state index contributed by atoms with van der Waals surface area (Å²) < 4.78 is 12.4. The molecule has 0 aromatic rings. The fourth-order valence-corrected chi connectivity index (χ4v) is 6.44. The lowest BCUT2D eigenvalue weighted by Crippen LogP contribution is -2.66. The van der Waals surface area contributed by atoms with Gasteiger partial charge in [-0.3, -0.25) is 9.59 Å². The first-order valence-corrected chi connectivity index (χ1v) is 12.4. The van der Waals surface area contributed by atoms with Gasteiger partial charge in [-0.15, -0.1) is 0 Å². The van der Waals surface area contributed by atoms with Crippen LogP contribution in [0.15, 0.2) is 0 Å². The monoisotopic (exact) mass is 366 g/mol. The average molecular weight is 367 g/mol. The van der Waals surface area contributed by atoms with Crippen molar-refractivity contribution in [3.8, 4) is 0 Å². The molecule has 0 radical (unpaired) electrons.